The van der Waals surface area contributed by atoms with Gasteiger partial charge in [-0.3, -0.25) is 4.79 Å². The Labute approximate surface area is 172 Å². The molecule has 0 unspecified atom stereocenters. The van der Waals surface area contributed by atoms with Crippen molar-refractivity contribution in [1.82, 2.24) is 15.3 Å². The largest absolute Gasteiger partial charge is 0.451 e. The summed E-state index contributed by atoms with van der Waals surface area (Å²) in [6.45, 7) is 0. The lowest BCUT2D eigenvalue weighted by molar-refractivity contribution is -0.145. The number of aromatic nitrogens is 2. The van der Waals surface area contributed by atoms with E-state index in [0.717, 1.165) is 24.5 Å². The number of nitrogens with zero attached hydrogens (tertiary/aromatic N) is 2. The summed E-state index contributed by atoms with van der Waals surface area (Å²) in [5, 5.41) is 2.87. The number of halogens is 6. The highest BCUT2D eigenvalue weighted by atomic mass is 32.2. The smallest absolute Gasteiger partial charge is 0.349 e. The molecule has 1 N–H and O–H groups in total. The van der Waals surface area contributed by atoms with Crippen molar-refractivity contribution < 1.29 is 31.1 Å². The Hall–Kier alpha value is -2.30. The van der Waals surface area contributed by atoms with Crippen molar-refractivity contribution in [3.63, 3.8) is 0 Å². The molecule has 0 bridgehead atoms. The first-order valence-corrected chi connectivity index (χ1v) is 9.94. The molecule has 1 amide bonds. The molecule has 11 heteroatoms. The van der Waals surface area contributed by atoms with Crippen LogP contribution in [0.15, 0.2) is 41.6 Å². The molecule has 0 radical (unpaired) electrons. The average Bonchev–Trinajstić information content (AvgIpc) is 2.68. The number of thioether (sulfide) groups is 1. The van der Waals surface area contributed by atoms with Gasteiger partial charge in [-0.2, -0.15) is 26.3 Å². The van der Waals surface area contributed by atoms with Gasteiger partial charge in [0.1, 0.15) is 0 Å². The number of alkyl halides is 6. The van der Waals surface area contributed by atoms with E-state index in [-0.39, 0.29) is 16.9 Å². The van der Waals surface area contributed by atoms with Gasteiger partial charge < -0.3 is 5.32 Å². The predicted molar refractivity (Wildman–Crippen MR) is 97.8 cm³/mol. The Balaban J connectivity index is 1.50. The van der Waals surface area contributed by atoms with Crippen LogP contribution in [0.3, 0.4) is 0 Å². The summed E-state index contributed by atoms with van der Waals surface area (Å²) >= 11 is 1.38. The quantitative estimate of drug-likeness (QED) is 0.640. The second kappa shape index (κ2) is 8.83. The van der Waals surface area contributed by atoms with Crippen LogP contribution in [0.5, 0.6) is 0 Å². The molecule has 1 aromatic carbocycles. The van der Waals surface area contributed by atoms with Gasteiger partial charge in [-0.25, -0.2) is 9.97 Å². The van der Waals surface area contributed by atoms with Crippen molar-refractivity contribution in [3.8, 4) is 0 Å². The fourth-order valence-electron chi connectivity index (χ4n) is 3.12. The van der Waals surface area contributed by atoms with Gasteiger partial charge in [0.25, 0.3) is 5.91 Å². The molecule has 1 aromatic heterocycles. The zero-order chi connectivity index (χ0) is 21.9. The van der Waals surface area contributed by atoms with Gasteiger partial charge in [-0.1, -0.05) is 6.07 Å². The minimum atomic E-state index is -4.68. The summed E-state index contributed by atoms with van der Waals surface area (Å²) in [4.78, 5) is 19.1. The molecule has 1 heterocycles. The van der Waals surface area contributed by atoms with Gasteiger partial charge in [-0.15, -0.1) is 11.8 Å². The third-order valence-corrected chi connectivity index (χ3v) is 5.97. The van der Waals surface area contributed by atoms with Crippen LogP contribution in [0.25, 0.3) is 0 Å². The van der Waals surface area contributed by atoms with E-state index < -0.39 is 29.6 Å². The third kappa shape index (κ3) is 5.87. The summed E-state index contributed by atoms with van der Waals surface area (Å²) in [5.74, 6) is -1.87. The van der Waals surface area contributed by atoms with Crippen molar-refractivity contribution in [1.29, 1.82) is 0 Å². The average molecular weight is 449 g/mol. The van der Waals surface area contributed by atoms with Crippen LogP contribution < -0.4 is 5.32 Å². The van der Waals surface area contributed by atoms with Crippen LogP contribution >= 0.6 is 11.8 Å². The Bertz CT molecular complexity index is 877. The Morgan fingerprint density at radius 1 is 0.967 bits per heavy atom. The number of nitrogens with one attached hydrogen (secondary N) is 1. The molecule has 1 aliphatic rings. The van der Waals surface area contributed by atoms with E-state index in [1.165, 1.54) is 17.8 Å². The number of benzene rings is 1. The predicted octanol–water partition coefficient (Wildman–Crippen LogP) is 5.35. The molecule has 3 rings (SSSR count). The maximum Gasteiger partial charge on any atom is 0.451 e. The Morgan fingerprint density at radius 2 is 1.60 bits per heavy atom. The topological polar surface area (TPSA) is 54.9 Å². The van der Waals surface area contributed by atoms with Crippen LogP contribution in [0.2, 0.25) is 0 Å². The van der Waals surface area contributed by atoms with Crippen molar-refractivity contribution in [2.45, 2.75) is 54.2 Å². The first-order chi connectivity index (χ1) is 14.0. The Morgan fingerprint density at radius 3 is 2.17 bits per heavy atom. The van der Waals surface area contributed by atoms with E-state index in [4.69, 9.17) is 0 Å². The van der Waals surface area contributed by atoms with E-state index in [1.54, 1.807) is 6.07 Å². The number of hydrogen-bond acceptors (Lipinski definition) is 4. The minimum absolute atomic E-state index is 0.0662. The second-order valence-corrected chi connectivity index (χ2v) is 8.26. The minimum Gasteiger partial charge on any atom is -0.349 e. The molecule has 1 fully saturated rings. The highest BCUT2D eigenvalue weighted by Gasteiger charge is 2.34. The molecule has 0 aliphatic heterocycles. The van der Waals surface area contributed by atoms with Gasteiger partial charge in [0.2, 0.25) is 5.82 Å². The van der Waals surface area contributed by atoms with Crippen molar-refractivity contribution >= 4 is 17.7 Å². The number of amides is 1. The molecule has 1 saturated carbocycles. The van der Waals surface area contributed by atoms with Gasteiger partial charge in [0.15, 0.2) is 0 Å². The van der Waals surface area contributed by atoms with Gasteiger partial charge in [-0.05, 0) is 43.9 Å². The van der Waals surface area contributed by atoms with Gasteiger partial charge in [0.05, 0.1) is 11.1 Å². The highest BCUT2D eigenvalue weighted by molar-refractivity contribution is 8.00. The zero-order valence-corrected chi connectivity index (χ0v) is 16.2. The number of hydrogen-bond donors (Lipinski definition) is 1. The molecular formula is C19H17F6N3OS. The molecule has 2 aromatic rings. The first kappa shape index (κ1) is 22.4. The molecule has 1 aliphatic carbocycles. The summed E-state index contributed by atoms with van der Waals surface area (Å²) in [5.41, 5.74) is -0.754. The number of rotatable bonds is 4. The van der Waals surface area contributed by atoms with Gasteiger partial charge >= 0.3 is 12.4 Å². The van der Waals surface area contributed by atoms with Crippen molar-refractivity contribution in [3.05, 3.63) is 53.6 Å². The fourth-order valence-corrected chi connectivity index (χ4v) is 4.37. The molecular weight excluding hydrogens is 432 g/mol. The third-order valence-electron chi connectivity index (χ3n) is 4.64. The molecule has 0 spiro atoms. The monoisotopic (exact) mass is 449 g/mol. The number of carbonyl (C=O) groups is 1. The molecule has 0 atom stereocenters. The molecule has 4 nitrogen and oxygen atoms in total. The maximum absolute atomic E-state index is 12.8. The number of carbonyl (C=O) groups excluding carboxylic acids is 1. The summed E-state index contributed by atoms with van der Waals surface area (Å²) in [6.07, 6.45) is -4.79. The summed E-state index contributed by atoms with van der Waals surface area (Å²) in [6, 6.07) is 5.00. The van der Waals surface area contributed by atoms with Crippen LogP contribution in [0.1, 0.15) is 47.4 Å². The van der Waals surface area contributed by atoms with E-state index in [9.17, 15) is 31.1 Å². The SMILES string of the molecule is O=C(NC1CCC(Sc2cccc(C(F)(F)F)c2)CC1)c1cnc(C(F)(F)F)nc1. The summed E-state index contributed by atoms with van der Waals surface area (Å²) in [7, 11) is 0. The summed E-state index contributed by atoms with van der Waals surface area (Å²) < 4.78 is 75.9. The van der Waals surface area contributed by atoms with E-state index in [2.05, 4.69) is 15.3 Å². The first-order valence-electron chi connectivity index (χ1n) is 9.06. The van der Waals surface area contributed by atoms with E-state index >= 15 is 0 Å². The van der Waals surface area contributed by atoms with Crippen molar-refractivity contribution in [2.24, 2.45) is 0 Å². The molecule has 0 saturated heterocycles. The normalized spacial score (nSPS) is 20.1. The van der Waals surface area contributed by atoms with Crippen LogP contribution in [-0.4, -0.2) is 27.2 Å². The van der Waals surface area contributed by atoms with E-state index in [0.29, 0.717) is 30.6 Å². The standard InChI is InChI=1S/C19H17F6N3OS/c20-18(21,22)12-2-1-3-15(8-12)30-14-6-4-13(5-7-14)28-16(29)11-9-26-17(27-10-11)19(23,24)25/h1-3,8-10,13-14H,4-7H2,(H,28,29). The second-order valence-electron chi connectivity index (χ2n) is 6.88. The molecule has 162 valence electrons. The highest BCUT2D eigenvalue weighted by Crippen LogP contribution is 2.37. The van der Waals surface area contributed by atoms with Crippen molar-refractivity contribution in [2.75, 3.05) is 0 Å². The van der Waals surface area contributed by atoms with Gasteiger partial charge in [0, 0.05) is 28.6 Å². The maximum atomic E-state index is 12.8. The van der Waals surface area contributed by atoms with E-state index in [1.807, 2.05) is 0 Å². The fraction of sp³-hybridized carbons (Fsp3) is 0.421. The lowest BCUT2D eigenvalue weighted by Crippen LogP contribution is -2.38. The zero-order valence-electron chi connectivity index (χ0n) is 15.4. The lowest BCUT2D eigenvalue weighted by Gasteiger charge is -2.28. The Kier molecular flexibility index (Phi) is 6.59. The van der Waals surface area contributed by atoms with Crippen LogP contribution in [0, 0.1) is 0 Å². The van der Waals surface area contributed by atoms with Crippen LogP contribution in [-0.2, 0) is 12.4 Å². The lowest BCUT2D eigenvalue weighted by atomic mass is 9.95. The van der Waals surface area contributed by atoms with Crippen LogP contribution in [0.4, 0.5) is 26.3 Å². The molecule has 30 heavy (non-hydrogen) atoms.